The number of hydrogen-bond donors (Lipinski definition) is 3. The van der Waals surface area contributed by atoms with E-state index in [9.17, 15) is 18.0 Å². The molecule has 0 fully saturated rings. The Morgan fingerprint density at radius 3 is 2.62 bits per heavy atom. The molecule has 1 aromatic rings. The van der Waals surface area contributed by atoms with E-state index in [4.69, 9.17) is 10.2 Å². The number of methoxy groups -OCH3 is 1. The van der Waals surface area contributed by atoms with Crippen LogP contribution in [-0.4, -0.2) is 50.3 Å². The molecule has 9 heteroatoms. The standard InChI is InChI=1S/C12H15NO7S/c1-20-12(17)8-3-2-4-9(7-8)21(18,19)13-6-5-10(14)11(15)16/h2-4,7,10,13-14H,5-6H2,1H3,(H,15,16). The quantitative estimate of drug-likeness (QED) is 0.583. The highest BCUT2D eigenvalue weighted by atomic mass is 32.2. The van der Waals surface area contributed by atoms with Crippen molar-refractivity contribution in [3.05, 3.63) is 29.8 Å². The zero-order valence-corrected chi connectivity index (χ0v) is 12.0. The van der Waals surface area contributed by atoms with E-state index < -0.39 is 28.1 Å². The third kappa shape index (κ3) is 4.81. The van der Waals surface area contributed by atoms with E-state index in [-0.39, 0.29) is 23.4 Å². The molecule has 0 spiro atoms. The van der Waals surface area contributed by atoms with Gasteiger partial charge >= 0.3 is 11.9 Å². The van der Waals surface area contributed by atoms with Gasteiger partial charge in [-0.25, -0.2) is 22.7 Å². The van der Waals surface area contributed by atoms with Crippen molar-refractivity contribution in [1.82, 2.24) is 4.72 Å². The summed E-state index contributed by atoms with van der Waals surface area (Å²) in [6.45, 7) is -0.252. The van der Waals surface area contributed by atoms with Crippen molar-refractivity contribution in [2.75, 3.05) is 13.7 Å². The Hall–Kier alpha value is -1.97. The number of nitrogens with one attached hydrogen (secondary N) is 1. The summed E-state index contributed by atoms with van der Waals surface area (Å²) in [7, 11) is -2.73. The fraction of sp³-hybridized carbons (Fsp3) is 0.333. The van der Waals surface area contributed by atoms with Crippen LogP contribution in [0.25, 0.3) is 0 Å². The molecule has 3 N–H and O–H groups in total. The van der Waals surface area contributed by atoms with Crippen molar-refractivity contribution in [1.29, 1.82) is 0 Å². The van der Waals surface area contributed by atoms with E-state index in [2.05, 4.69) is 9.46 Å². The topological polar surface area (TPSA) is 130 Å². The first kappa shape index (κ1) is 17.1. The van der Waals surface area contributed by atoms with Crippen molar-refractivity contribution in [2.24, 2.45) is 0 Å². The maximum Gasteiger partial charge on any atom is 0.337 e. The lowest BCUT2D eigenvalue weighted by atomic mass is 10.2. The van der Waals surface area contributed by atoms with E-state index in [1.54, 1.807) is 0 Å². The van der Waals surface area contributed by atoms with Crippen LogP contribution in [0.2, 0.25) is 0 Å². The number of hydrogen-bond acceptors (Lipinski definition) is 6. The highest BCUT2D eigenvalue weighted by Crippen LogP contribution is 2.12. The molecule has 0 radical (unpaired) electrons. The number of aliphatic hydroxyl groups excluding tert-OH is 1. The minimum atomic E-state index is -3.91. The summed E-state index contributed by atoms with van der Waals surface area (Å²) in [6.07, 6.45) is -1.92. The summed E-state index contributed by atoms with van der Waals surface area (Å²) < 4.78 is 30.5. The monoisotopic (exact) mass is 317 g/mol. The highest BCUT2D eigenvalue weighted by Gasteiger charge is 2.18. The Balaban J connectivity index is 2.79. The number of aliphatic hydroxyl groups is 1. The molecule has 21 heavy (non-hydrogen) atoms. The average molecular weight is 317 g/mol. The first-order chi connectivity index (χ1) is 9.77. The predicted molar refractivity (Wildman–Crippen MR) is 71.2 cm³/mol. The maximum atomic E-state index is 12.0. The predicted octanol–water partition coefficient (Wildman–Crippen LogP) is -0.413. The van der Waals surface area contributed by atoms with E-state index in [1.165, 1.54) is 25.3 Å². The Labute approximate surface area is 121 Å². The average Bonchev–Trinajstić information content (AvgIpc) is 2.46. The van der Waals surface area contributed by atoms with Gasteiger partial charge in [0, 0.05) is 6.54 Å². The maximum absolute atomic E-state index is 12.0. The van der Waals surface area contributed by atoms with E-state index in [0.717, 1.165) is 6.07 Å². The van der Waals surface area contributed by atoms with Gasteiger partial charge in [0.15, 0.2) is 6.10 Å². The molecule has 0 saturated carbocycles. The molecule has 1 aromatic carbocycles. The first-order valence-electron chi connectivity index (χ1n) is 5.87. The Morgan fingerprint density at radius 2 is 2.05 bits per heavy atom. The molecular formula is C12H15NO7S. The van der Waals surface area contributed by atoms with Crippen LogP contribution >= 0.6 is 0 Å². The molecule has 0 heterocycles. The largest absolute Gasteiger partial charge is 0.479 e. The second-order valence-corrected chi connectivity index (χ2v) is 5.83. The fourth-order valence-corrected chi connectivity index (χ4v) is 2.54. The number of rotatable bonds is 7. The van der Waals surface area contributed by atoms with Gasteiger partial charge in [0.2, 0.25) is 10.0 Å². The molecule has 0 saturated heterocycles. The van der Waals surface area contributed by atoms with Gasteiger partial charge in [-0.1, -0.05) is 6.07 Å². The summed E-state index contributed by atoms with van der Waals surface area (Å²) in [5.41, 5.74) is 0.0749. The van der Waals surface area contributed by atoms with Gasteiger partial charge in [-0.2, -0.15) is 0 Å². The van der Waals surface area contributed by atoms with Crippen molar-refractivity contribution in [3.63, 3.8) is 0 Å². The van der Waals surface area contributed by atoms with Crippen molar-refractivity contribution in [3.8, 4) is 0 Å². The molecule has 0 aromatic heterocycles. The normalized spacial score (nSPS) is 12.7. The number of aliphatic carboxylic acids is 1. The molecule has 116 valence electrons. The van der Waals surface area contributed by atoms with Crippen LogP contribution in [0.4, 0.5) is 0 Å². The Bertz CT molecular complexity index is 626. The SMILES string of the molecule is COC(=O)c1cccc(S(=O)(=O)NCCC(O)C(=O)O)c1. The number of esters is 1. The van der Waals surface area contributed by atoms with E-state index in [0.29, 0.717) is 0 Å². The lowest BCUT2D eigenvalue weighted by Gasteiger charge is -2.09. The van der Waals surface area contributed by atoms with Crippen LogP contribution < -0.4 is 4.72 Å². The van der Waals surface area contributed by atoms with Crippen LogP contribution in [0.1, 0.15) is 16.8 Å². The highest BCUT2D eigenvalue weighted by molar-refractivity contribution is 7.89. The molecule has 0 aliphatic rings. The van der Waals surface area contributed by atoms with Gasteiger partial charge in [0.25, 0.3) is 0 Å². The minimum absolute atomic E-state index is 0.0749. The second kappa shape index (κ2) is 7.16. The van der Waals surface area contributed by atoms with Crippen LogP contribution in [0, 0.1) is 0 Å². The molecular weight excluding hydrogens is 302 g/mol. The van der Waals surface area contributed by atoms with Gasteiger partial charge in [-0.15, -0.1) is 0 Å². The molecule has 0 aliphatic heterocycles. The lowest BCUT2D eigenvalue weighted by Crippen LogP contribution is -2.30. The van der Waals surface area contributed by atoms with Crippen molar-refractivity contribution in [2.45, 2.75) is 17.4 Å². The van der Waals surface area contributed by atoms with Gasteiger partial charge in [-0.05, 0) is 24.6 Å². The van der Waals surface area contributed by atoms with Gasteiger partial charge in [0.1, 0.15) is 0 Å². The molecule has 1 atom stereocenters. The summed E-state index contributed by atoms with van der Waals surface area (Å²) in [6, 6.07) is 5.20. The molecule has 0 amide bonds. The van der Waals surface area contributed by atoms with Crippen LogP contribution in [0.15, 0.2) is 29.2 Å². The van der Waals surface area contributed by atoms with Gasteiger partial charge in [0.05, 0.1) is 17.6 Å². The zero-order chi connectivity index (χ0) is 16.0. The van der Waals surface area contributed by atoms with Crippen LogP contribution in [0.3, 0.4) is 0 Å². The first-order valence-corrected chi connectivity index (χ1v) is 7.35. The molecule has 1 rings (SSSR count). The smallest absolute Gasteiger partial charge is 0.337 e. The second-order valence-electron chi connectivity index (χ2n) is 4.06. The number of sulfonamides is 1. The number of ether oxygens (including phenoxy) is 1. The fourth-order valence-electron chi connectivity index (χ4n) is 1.44. The number of carbonyl (C=O) groups excluding carboxylic acids is 1. The minimum Gasteiger partial charge on any atom is -0.479 e. The number of carbonyl (C=O) groups is 2. The molecule has 8 nitrogen and oxygen atoms in total. The summed E-state index contributed by atoms with van der Waals surface area (Å²) in [5.74, 6) is -2.10. The van der Waals surface area contributed by atoms with Crippen LogP contribution in [0.5, 0.6) is 0 Å². The summed E-state index contributed by atoms with van der Waals surface area (Å²) in [4.78, 5) is 21.6. The van der Waals surface area contributed by atoms with Crippen molar-refractivity contribution >= 4 is 22.0 Å². The molecule has 1 unspecified atom stereocenters. The van der Waals surface area contributed by atoms with E-state index in [1.807, 2.05) is 0 Å². The van der Waals surface area contributed by atoms with Gasteiger partial charge < -0.3 is 14.9 Å². The molecule has 0 bridgehead atoms. The van der Waals surface area contributed by atoms with Crippen molar-refractivity contribution < 1.29 is 33.0 Å². The third-order valence-corrected chi connectivity index (χ3v) is 4.02. The summed E-state index contributed by atoms with van der Waals surface area (Å²) in [5, 5.41) is 17.5. The zero-order valence-electron chi connectivity index (χ0n) is 11.1. The number of benzene rings is 1. The number of carboxylic acid groups (broad SMARTS) is 1. The van der Waals surface area contributed by atoms with Crippen LogP contribution in [-0.2, 0) is 19.6 Å². The Morgan fingerprint density at radius 1 is 1.38 bits per heavy atom. The summed E-state index contributed by atoms with van der Waals surface area (Å²) >= 11 is 0. The third-order valence-electron chi connectivity index (χ3n) is 2.56. The lowest BCUT2D eigenvalue weighted by molar-refractivity contribution is -0.146. The Kier molecular flexibility index (Phi) is 5.82. The van der Waals surface area contributed by atoms with E-state index >= 15 is 0 Å². The molecule has 0 aliphatic carbocycles. The number of carboxylic acids is 1. The van der Waals surface area contributed by atoms with Gasteiger partial charge in [-0.3, -0.25) is 0 Å².